The third-order valence-corrected chi connectivity index (χ3v) is 2.80. The number of carbonyl (C=O) groups is 2. The van der Waals surface area contributed by atoms with Crippen LogP contribution in [0.4, 0.5) is 0 Å². The lowest BCUT2D eigenvalue weighted by Crippen LogP contribution is -2.63. The van der Waals surface area contributed by atoms with Gasteiger partial charge in [-0.3, -0.25) is 15.0 Å². The molecule has 0 aromatic heterocycles. The van der Waals surface area contributed by atoms with Crippen molar-refractivity contribution in [2.75, 3.05) is 0 Å². The molecule has 0 spiro atoms. The molecule has 2 amide bonds. The van der Waals surface area contributed by atoms with Gasteiger partial charge in [-0.25, -0.2) is 5.43 Å². The SMILES string of the molecule is C[C@H]1O[C@@H](NNC(=O)CCC(N)=O)[C@H](O)[C@@H](O)[C@H]1O. The fourth-order valence-corrected chi connectivity index (χ4v) is 1.62. The largest absolute Gasteiger partial charge is 0.388 e. The highest BCUT2D eigenvalue weighted by molar-refractivity contribution is 5.82. The third-order valence-electron chi connectivity index (χ3n) is 2.80. The van der Waals surface area contributed by atoms with Crippen LogP contribution in [0.2, 0.25) is 0 Å². The summed E-state index contributed by atoms with van der Waals surface area (Å²) in [7, 11) is 0. The van der Waals surface area contributed by atoms with Crippen molar-refractivity contribution >= 4 is 11.8 Å². The fourth-order valence-electron chi connectivity index (χ4n) is 1.62. The normalized spacial score (nSPS) is 34.8. The number of amides is 2. The highest BCUT2D eigenvalue weighted by atomic mass is 16.5. The topological polar surface area (TPSA) is 154 Å². The summed E-state index contributed by atoms with van der Waals surface area (Å²) in [6.07, 6.45) is -5.97. The monoisotopic (exact) mass is 277 g/mol. The molecule has 9 heteroatoms. The first kappa shape index (κ1) is 15.8. The van der Waals surface area contributed by atoms with Crippen LogP contribution in [0.5, 0.6) is 0 Å². The highest BCUT2D eigenvalue weighted by Crippen LogP contribution is 2.18. The second-order valence-corrected chi connectivity index (χ2v) is 4.39. The van der Waals surface area contributed by atoms with E-state index in [1.807, 2.05) is 0 Å². The van der Waals surface area contributed by atoms with Crippen LogP contribution in [0.3, 0.4) is 0 Å². The Kier molecular flexibility index (Phi) is 5.63. The van der Waals surface area contributed by atoms with Gasteiger partial charge in [0.25, 0.3) is 0 Å². The molecular formula is C10H19N3O6. The van der Waals surface area contributed by atoms with Gasteiger partial charge in [0.1, 0.15) is 18.3 Å². The number of primary amides is 1. The molecule has 19 heavy (non-hydrogen) atoms. The molecule has 1 rings (SSSR count). The smallest absolute Gasteiger partial charge is 0.234 e. The van der Waals surface area contributed by atoms with Gasteiger partial charge in [0, 0.05) is 12.8 Å². The molecule has 110 valence electrons. The Balaban J connectivity index is 2.40. The summed E-state index contributed by atoms with van der Waals surface area (Å²) >= 11 is 0. The summed E-state index contributed by atoms with van der Waals surface area (Å²) in [5.74, 6) is -1.11. The van der Waals surface area contributed by atoms with Crippen molar-refractivity contribution in [1.29, 1.82) is 0 Å². The molecule has 1 aliphatic heterocycles. The van der Waals surface area contributed by atoms with E-state index in [0.717, 1.165) is 0 Å². The van der Waals surface area contributed by atoms with Gasteiger partial charge in [-0.1, -0.05) is 0 Å². The summed E-state index contributed by atoms with van der Waals surface area (Å²) in [5.41, 5.74) is 9.49. The lowest BCUT2D eigenvalue weighted by Gasteiger charge is -2.39. The fraction of sp³-hybridized carbons (Fsp3) is 0.800. The number of rotatable bonds is 5. The molecule has 7 N–H and O–H groups in total. The number of nitrogens with one attached hydrogen (secondary N) is 2. The molecule has 0 aromatic carbocycles. The van der Waals surface area contributed by atoms with Crippen molar-refractivity contribution in [2.45, 2.75) is 50.4 Å². The minimum Gasteiger partial charge on any atom is -0.388 e. The molecule has 0 saturated carbocycles. The van der Waals surface area contributed by atoms with E-state index >= 15 is 0 Å². The van der Waals surface area contributed by atoms with Gasteiger partial charge < -0.3 is 25.8 Å². The minimum absolute atomic E-state index is 0.0979. The first-order valence-electron chi connectivity index (χ1n) is 5.85. The van der Waals surface area contributed by atoms with Crippen LogP contribution in [0.15, 0.2) is 0 Å². The van der Waals surface area contributed by atoms with Crippen LogP contribution in [0.1, 0.15) is 19.8 Å². The highest BCUT2D eigenvalue weighted by Gasteiger charge is 2.41. The maximum absolute atomic E-state index is 11.3. The van der Waals surface area contributed by atoms with E-state index in [0.29, 0.717) is 0 Å². The number of hydrogen-bond donors (Lipinski definition) is 6. The molecule has 1 saturated heterocycles. The number of aliphatic hydroxyl groups excluding tert-OH is 3. The van der Waals surface area contributed by atoms with E-state index in [9.17, 15) is 24.9 Å². The maximum atomic E-state index is 11.3. The van der Waals surface area contributed by atoms with Gasteiger partial charge in [-0.05, 0) is 6.92 Å². The van der Waals surface area contributed by atoms with Crippen molar-refractivity contribution in [3.05, 3.63) is 0 Å². The number of hydrogen-bond acceptors (Lipinski definition) is 7. The molecule has 1 aliphatic rings. The molecule has 9 nitrogen and oxygen atoms in total. The Hall–Kier alpha value is -1.26. The Labute approximate surface area is 109 Å². The Morgan fingerprint density at radius 1 is 1.16 bits per heavy atom. The van der Waals surface area contributed by atoms with Crippen LogP contribution in [0, 0.1) is 0 Å². The van der Waals surface area contributed by atoms with Gasteiger partial charge in [0.05, 0.1) is 6.10 Å². The first-order chi connectivity index (χ1) is 8.82. The average molecular weight is 277 g/mol. The number of aliphatic hydroxyl groups is 3. The van der Waals surface area contributed by atoms with Gasteiger partial charge in [-0.15, -0.1) is 0 Å². The van der Waals surface area contributed by atoms with E-state index in [4.69, 9.17) is 10.5 Å². The van der Waals surface area contributed by atoms with E-state index in [1.165, 1.54) is 6.92 Å². The minimum atomic E-state index is -1.40. The predicted molar refractivity (Wildman–Crippen MR) is 62.1 cm³/mol. The van der Waals surface area contributed by atoms with Crippen molar-refractivity contribution in [2.24, 2.45) is 5.73 Å². The summed E-state index contributed by atoms with van der Waals surface area (Å²) < 4.78 is 5.18. The average Bonchev–Trinajstić information content (AvgIpc) is 2.36. The molecule has 1 heterocycles. The number of nitrogens with two attached hydrogens (primary N) is 1. The van der Waals surface area contributed by atoms with Crippen LogP contribution in [0.25, 0.3) is 0 Å². The number of carbonyl (C=O) groups excluding carboxylic acids is 2. The van der Waals surface area contributed by atoms with E-state index in [2.05, 4.69) is 10.9 Å². The van der Waals surface area contributed by atoms with Crippen molar-refractivity contribution < 1.29 is 29.6 Å². The molecule has 0 aliphatic carbocycles. The standard InChI is InChI=1S/C10H19N3O6/c1-4-7(16)8(17)9(18)10(19-4)13-12-6(15)3-2-5(11)14/h4,7-10,13,16-18H,2-3H2,1H3,(H2,11,14)(H,12,15)/t4-,7+,8+,9-,10-/m1/s1. The Morgan fingerprint density at radius 2 is 1.79 bits per heavy atom. The first-order valence-corrected chi connectivity index (χ1v) is 5.85. The lowest BCUT2D eigenvalue weighted by molar-refractivity contribution is -0.227. The zero-order valence-corrected chi connectivity index (χ0v) is 10.4. The Morgan fingerprint density at radius 3 is 2.37 bits per heavy atom. The number of ether oxygens (including phenoxy) is 1. The van der Waals surface area contributed by atoms with Gasteiger partial charge >= 0.3 is 0 Å². The summed E-state index contributed by atoms with van der Waals surface area (Å²) in [6, 6.07) is 0. The molecule has 0 aromatic rings. The van der Waals surface area contributed by atoms with Crippen molar-refractivity contribution in [3.8, 4) is 0 Å². The summed E-state index contributed by atoms with van der Waals surface area (Å²) in [5, 5.41) is 28.6. The van der Waals surface area contributed by atoms with Crippen molar-refractivity contribution in [3.63, 3.8) is 0 Å². The third kappa shape index (κ3) is 4.40. The summed E-state index contributed by atoms with van der Waals surface area (Å²) in [6.45, 7) is 1.52. The molecule has 0 bridgehead atoms. The van der Waals surface area contributed by atoms with Gasteiger partial charge in [0.2, 0.25) is 11.8 Å². The summed E-state index contributed by atoms with van der Waals surface area (Å²) in [4.78, 5) is 21.8. The maximum Gasteiger partial charge on any atom is 0.234 e. The van der Waals surface area contributed by atoms with Crippen LogP contribution >= 0.6 is 0 Å². The zero-order valence-electron chi connectivity index (χ0n) is 10.4. The predicted octanol–water partition coefficient (Wildman–Crippen LogP) is -3.30. The lowest BCUT2D eigenvalue weighted by atomic mass is 9.99. The molecule has 0 unspecified atom stereocenters. The number of hydrazine groups is 1. The van der Waals surface area contributed by atoms with E-state index < -0.39 is 42.5 Å². The van der Waals surface area contributed by atoms with E-state index in [-0.39, 0.29) is 12.8 Å². The zero-order chi connectivity index (χ0) is 14.6. The molecule has 5 atom stereocenters. The van der Waals surface area contributed by atoms with Crippen LogP contribution in [-0.4, -0.2) is 57.8 Å². The quantitative estimate of drug-likeness (QED) is 0.288. The Bertz CT molecular complexity index is 339. The van der Waals surface area contributed by atoms with Gasteiger partial charge in [0.15, 0.2) is 6.23 Å². The van der Waals surface area contributed by atoms with Crippen molar-refractivity contribution in [1.82, 2.24) is 10.9 Å². The molecule has 0 radical (unpaired) electrons. The molecule has 1 fully saturated rings. The second-order valence-electron chi connectivity index (χ2n) is 4.39. The van der Waals surface area contributed by atoms with Gasteiger partial charge in [-0.2, -0.15) is 0 Å². The molecular weight excluding hydrogens is 258 g/mol. The second kappa shape index (κ2) is 6.78. The van der Waals surface area contributed by atoms with Crippen LogP contribution in [-0.2, 0) is 14.3 Å². The van der Waals surface area contributed by atoms with E-state index in [1.54, 1.807) is 0 Å². The van der Waals surface area contributed by atoms with Crippen LogP contribution < -0.4 is 16.6 Å².